The molecule has 0 aliphatic carbocycles. The lowest BCUT2D eigenvalue weighted by Gasteiger charge is -2.18. The van der Waals surface area contributed by atoms with Crippen molar-refractivity contribution in [3.8, 4) is 11.6 Å². The normalized spacial score (nSPS) is 11.7. The quantitative estimate of drug-likeness (QED) is 0.359. The number of aliphatic imine (C=N–C) groups is 1. The second-order valence-electron chi connectivity index (χ2n) is 8.42. The number of H-pyrrole nitrogens is 1. The number of nitrogens with one attached hydrogen (secondary N) is 1. The molecular weight excluding hydrogens is 438 g/mol. The minimum Gasteiger partial charge on any atom is -0.493 e. The second kappa shape index (κ2) is 10.8. The van der Waals surface area contributed by atoms with Gasteiger partial charge in [-0.05, 0) is 42.5 Å². The van der Waals surface area contributed by atoms with Crippen molar-refractivity contribution in [3.63, 3.8) is 0 Å². The van der Waals surface area contributed by atoms with Gasteiger partial charge in [-0.2, -0.15) is 0 Å². The van der Waals surface area contributed by atoms with E-state index in [0.29, 0.717) is 24.4 Å². The Hall–Kier alpha value is -4.19. The van der Waals surface area contributed by atoms with E-state index >= 15 is 0 Å². The first-order valence-electron chi connectivity index (χ1n) is 11.8. The number of aromatic hydroxyl groups is 1. The molecule has 0 bridgehead atoms. The van der Waals surface area contributed by atoms with Crippen molar-refractivity contribution >= 4 is 5.71 Å². The number of hydrogen-bond acceptors (Lipinski definition) is 4. The molecule has 35 heavy (non-hydrogen) atoms. The van der Waals surface area contributed by atoms with Gasteiger partial charge < -0.3 is 5.11 Å². The topological polar surface area (TPSA) is 87.4 Å². The van der Waals surface area contributed by atoms with Gasteiger partial charge in [-0.3, -0.25) is 14.8 Å². The van der Waals surface area contributed by atoms with Crippen LogP contribution < -0.4 is 11.2 Å². The smallest absolute Gasteiger partial charge is 0.335 e. The molecule has 0 aliphatic rings. The SMILES string of the molecule is CCC(=NCCC(c1ccccc1)c1ccccc1)c1c(O)n(-c2ccccc2C)c(=O)[nH]c1=O. The molecule has 0 fully saturated rings. The zero-order valence-electron chi connectivity index (χ0n) is 19.9. The molecule has 0 radical (unpaired) electrons. The number of aryl methyl sites for hydroxylation is 1. The molecule has 0 spiro atoms. The van der Waals surface area contributed by atoms with Crippen LogP contribution in [0.25, 0.3) is 5.69 Å². The van der Waals surface area contributed by atoms with Crippen LogP contribution in [0, 0.1) is 6.92 Å². The second-order valence-corrected chi connectivity index (χ2v) is 8.42. The van der Waals surface area contributed by atoms with Crippen molar-refractivity contribution in [2.45, 2.75) is 32.6 Å². The number of rotatable bonds is 8. The number of hydrogen-bond donors (Lipinski definition) is 2. The van der Waals surface area contributed by atoms with E-state index in [9.17, 15) is 14.7 Å². The molecule has 178 valence electrons. The minimum absolute atomic E-state index is 0.0336. The highest BCUT2D eigenvalue weighted by molar-refractivity contribution is 6.02. The Bertz CT molecular complexity index is 1400. The van der Waals surface area contributed by atoms with E-state index in [0.717, 1.165) is 16.6 Å². The fourth-order valence-electron chi connectivity index (χ4n) is 4.42. The van der Waals surface area contributed by atoms with Gasteiger partial charge in [0, 0.05) is 12.5 Å². The van der Waals surface area contributed by atoms with Gasteiger partial charge in [-0.25, -0.2) is 9.36 Å². The van der Waals surface area contributed by atoms with E-state index in [2.05, 4.69) is 29.2 Å². The van der Waals surface area contributed by atoms with Crippen LogP contribution in [0.15, 0.2) is 99.5 Å². The molecule has 0 amide bonds. The van der Waals surface area contributed by atoms with Gasteiger partial charge in [0.05, 0.1) is 11.4 Å². The molecule has 4 rings (SSSR count). The molecule has 2 N–H and O–H groups in total. The Morgan fingerprint density at radius 2 is 1.49 bits per heavy atom. The Labute approximate surface area is 204 Å². The predicted molar refractivity (Wildman–Crippen MR) is 140 cm³/mol. The molecular formula is C29H29N3O3. The monoisotopic (exact) mass is 467 g/mol. The average Bonchev–Trinajstić information content (AvgIpc) is 2.87. The van der Waals surface area contributed by atoms with E-state index in [-0.39, 0.29) is 11.5 Å². The molecule has 3 aromatic carbocycles. The van der Waals surface area contributed by atoms with Crippen LogP contribution in [0.5, 0.6) is 5.88 Å². The molecule has 1 aromatic heterocycles. The molecule has 0 aliphatic heterocycles. The largest absolute Gasteiger partial charge is 0.493 e. The summed E-state index contributed by atoms with van der Waals surface area (Å²) in [5, 5.41) is 11.1. The summed E-state index contributed by atoms with van der Waals surface area (Å²) in [6, 6.07) is 27.7. The lowest BCUT2D eigenvalue weighted by atomic mass is 9.88. The van der Waals surface area contributed by atoms with Crippen molar-refractivity contribution in [1.29, 1.82) is 0 Å². The maximum absolute atomic E-state index is 12.8. The van der Waals surface area contributed by atoms with E-state index in [1.165, 1.54) is 11.1 Å². The summed E-state index contributed by atoms with van der Waals surface area (Å²) in [6.45, 7) is 4.18. The molecule has 0 unspecified atom stereocenters. The van der Waals surface area contributed by atoms with Crippen molar-refractivity contribution in [1.82, 2.24) is 9.55 Å². The highest BCUT2D eigenvalue weighted by Gasteiger charge is 2.20. The predicted octanol–water partition coefficient (Wildman–Crippen LogP) is 4.96. The summed E-state index contributed by atoms with van der Waals surface area (Å²) in [5.74, 6) is -0.247. The van der Waals surface area contributed by atoms with Crippen LogP contribution in [-0.4, -0.2) is 26.9 Å². The van der Waals surface area contributed by atoms with E-state index in [1.54, 1.807) is 12.1 Å². The summed E-state index contributed by atoms with van der Waals surface area (Å²) >= 11 is 0. The first-order valence-corrected chi connectivity index (χ1v) is 11.8. The fraction of sp³-hybridized carbons (Fsp3) is 0.207. The van der Waals surface area contributed by atoms with Gasteiger partial charge in [0.15, 0.2) is 0 Å². The molecule has 0 saturated heterocycles. The van der Waals surface area contributed by atoms with Gasteiger partial charge in [0.1, 0.15) is 5.56 Å². The molecule has 0 saturated carbocycles. The van der Waals surface area contributed by atoms with Gasteiger partial charge >= 0.3 is 5.69 Å². The number of benzene rings is 3. The highest BCUT2D eigenvalue weighted by Crippen LogP contribution is 2.28. The summed E-state index contributed by atoms with van der Waals surface area (Å²) < 4.78 is 1.13. The Morgan fingerprint density at radius 1 is 0.914 bits per heavy atom. The van der Waals surface area contributed by atoms with Crippen LogP contribution >= 0.6 is 0 Å². The van der Waals surface area contributed by atoms with E-state index in [1.807, 2.05) is 62.4 Å². The third-order valence-corrected chi connectivity index (χ3v) is 6.19. The molecule has 1 heterocycles. The molecule has 6 nitrogen and oxygen atoms in total. The summed E-state index contributed by atoms with van der Waals surface area (Å²) in [4.78, 5) is 32.4. The Balaban J connectivity index is 1.70. The van der Waals surface area contributed by atoms with Crippen molar-refractivity contribution in [2.24, 2.45) is 4.99 Å². The molecule has 4 aromatic rings. The number of para-hydroxylation sites is 1. The van der Waals surface area contributed by atoms with Crippen LogP contribution in [0.4, 0.5) is 0 Å². The van der Waals surface area contributed by atoms with Crippen molar-refractivity contribution in [3.05, 3.63) is 128 Å². The first-order chi connectivity index (χ1) is 17.0. The maximum atomic E-state index is 12.8. The van der Waals surface area contributed by atoms with E-state index in [4.69, 9.17) is 4.99 Å². The Morgan fingerprint density at radius 3 is 2.06 bits per heavy atom. The first kappa shape index (κ1) is 24.0. The number of aromatic nitrogens is 2. The molecule has 0 atom stereocenters. The number of aromatic amines is 1. The summed E-state index contributed by atoms with van der Waals surface area (Å²) in [5.41, 5.74) is 2.87. The van der Waals surface area contributed by atoms with Crippen molar-refractivity contribution < 1.29 is 5.11 Å². The lowest BCUT2D eigenvalue weighted by molar-refractivity contribution is 0.429. The maximum Gasteiger partial charge on any atom is 0.335 e. The van der Waals surface area contributed by atoms with Crippen LogP contribution in [-0.2, 0) is 0 Å². The Kier molecular flexibility index (Phi) is 7.41. The van der Waals surface area contributed by atoms with Crippen LogP contribution in [0.1, 0.15) is 47.9 Å². The minimum atomic E-state index is -0.686. The van der Waals surface area contributed by atoms with Gasteiger partial charge in [-0.15, -0.1) is 0 Å². The van der Waals surface area contributed by atoms with Gasteiger partial charge in [0.2, 0.25) is 5.88 Å². The third-order valence-electron chi connectivity index (χ3n) is 6.19. The summed E-state index contributed by atoms with van der Waals surface area (Å²) in [7, 11) is 0. The van der Waals surface area contributed by atoms with E-state index < -0.39 is 17.1 Å². The van der Waals surface area contributed by atoms with Crippen LogP contribution in [0.2, 0.25) is 0 Å². The van der Waals surface area contributed by atoms with Crippen LogP contribution in [0.3, 0.4) is 0 Å². The standard InChI is InChI=1S/C29H29N3O3/c1-3-24(26-27(33)31-29(35)32(28(26)34)25-17-11-10-12-20(25)2)30-19-18-23(21-13-6-4-7-14-21)22-15-8-5-9-16-22/h4-17,23,34H,3,18-19H2,1-2H3,(H,31,33,35). The van der Waals surface area contributed by atoms with Gasteiger partial charge in [0.25, 0.3) is 5.56 Å². The number of nitrogens with zero attached hydrogens (tertiary/aromatic N) is 2. The fourth-order valence-corrected chi connectivity index (χ4v) is 4.42. The zero-order valence-corrected chi connectivity index (χ0v) is 19.9. The summed E-state index contributed by atoms with van der Waals surface area (Å²) in [6.07, 6.45) is 1.16. The lowest BCUT2D eigenvalue weighted by Crippen LogP contribution is -2.33. The zero-order chi connectivity index (χ0) is 24.8. The van der Waals surface area contributed by atoms with Crippen molar-refractivity contribution in [2.75, 3.05) is 6.54 Å². The van der Waals surface area contributed by atoms with Gasteiger partial charge in [-0.1, -0.05) is 85.8 Å². The average molecular weight is 468 g/mol. The molecule has 6 heteroatoms. The third kappa shape index (κ3) is 5.17. The highest BCUT2D eigenvalue weighted by atomic mass is 16.3.